The van der Waals surface area contributed by atoms with Crippen LogP contribution in [0.1, 0.15) is 44.2 Å². The molecule has 5 heteroatoms. The van der Waals surface area contributed by atoms with Crippen molar-refractivity contribution in [3.05, 3.63) is 24.0 Å². The molecule has 0 spiro atoms. The minimum atomic E-state index is -0.406. The summed E-state index contributed by atoms with van der Waals surface area (Å²) in [7, 11) is 0. The number of aromatic nitrogens is 1. The molecule has 0 aromatic carbocycles. The number of nitrogens with one attached hydrogen (secondary N) is 1. The summed E-state index contributed by atoms with van der Waals surface area (Å²) in [5, 5.41) is 2.87. The van der Waals surface area contributed by atoms with E-state index in [1.165, 1.54) is 32.1 Å². The lowest BCUT2D eigenvalue weighted by Gasteiger charge is -2.24. The SMILES string of the molecule is Cc1cc(NC(=O)C(N)CC2CCCCC2)ccn1.Cl. The van der Waals surface area contributed by atoms with Gasteiger partial charge in [0.05, 0.1) is 6.04 Å². The van der Waals surface area contributed by atoms with Crippen molar-refractivity contribution in [2.24, 2.45) is 11.7 Å². The molecule has 0 saturated heterocycles. The third-order valence-electron chi connectivity index (χ3n) is 3.81. The Labute approximate surface area is 126 Å². The maximum absolute atomic E-state index is 12.0. The molecule has 1 amide bonds. The second-order valence-electron chi connectivity index (χ2n) is 5.52. The lowest BCUT2D eigenvalue weighted by molar-refractivity contribution is -0.117. The highest BCUT2D eigenvalue weighted by atomic mass is 35.5. The molecule has 4 nitrogen and oxygen atoms in total. The quantitative estimate of drug-likeness (QED) is 0.897. The van der Waals surface area contributed by atoms with Gasteiger partial charge in [-0.3, -0.25) is 9.78 Å². The van der Waals surface area contributed by atoms with Crippen LogP contribution in [0.5, 0.6) is 0 Å². The third-order valence-corrected chi connectivity index (χ3v) is 3.81. The second kappa shape index (κ2) is 8.22. The number of nitrogens with zero attached hydrogens (tertiary/aromatic N) is 1. The number of carbonyl (C=O) groups excluding carboxylic acids is 1. The first-order valence-electron chi connectivity index (χ1n) is 7.14. The lowest BCUT2D eigenvalue weighted by atomic mass is 9.85. The predicted octanol–water partition coefficient (Wildman–Crippen LogP) is 3.05. The van der Waals surface area contributed by atoms with Crippen LogP contribution in [-0.4, -0.2) is 16.9 Å². The number of hydrogen-bond acceptors (Lipinski definition) is 3. The Balaban J connectivity index is 0.00000200. The van der Waals surface area contributed by atoms with Gasteiger partial charge in [-0.15, -0.1) is 12.4 Å². The molecule has 20 heavy (non-hydrogen) atoms. The highest BCUT2D eigenvalue weighted by Gasteiger charge is 2.21. The molecule has 3 N–H and O–H groups in total. The van der Waals surface area contributed by atoms with Crippen LogP contribution < -0.4 is 11.1 Å². The molecule has 0 aliphatic heterocycles. The van der Waals surface area contributed by atoms with E-state index >= 15 is 0 Å². The number of carbonyl (C=O) groups is 1. The Bertz CT molecular complexity index is 433. The van der Waals surface area contributed by atoms with Gasteiger partial charge in [0.2, 0.25) is 5.91 Å². The predicted molar refractivity (Wildman–Crippen MR) is 84.0 cm³/mol. The molecule has 0 bridgehead atoms. The molecule has 2 rings (SSSR count). The topological polar surface area (TPSA) is 68.0 Å². The Kier molecular flexibility index (Phi) is 6.96. The van der Waals surface area contributed by atoms with Crippen LogP contribution in [0.2, 0.25) is 0 Å². The van der Waals surface area contributed by atoms with Gasteiger partial charge in [-0.05, 0) is 31.4 Å². The molecule has 1 aromatic heterocycles. The van der Waals surface area contributed by atoms with E-state index in [9.17, 15) is 4.79 Å². The first-order valence-corrected chi connectivity index (χ1v) is 7.14. The summed E-state index contributed by atoms with van der Waals surface area (Å²) in [4.78, 5) is 16.1. The smallest absolute Gasteiger partial charge is 0.241 e. The summed E-state index contributed by atoms with van der Waals surface area (Å²) < 4.78 is 0. The van der Waals surface area contributed by atoms with Gasteiger partial charge in [-0.1, -0.05) is 32.1 Å². The number of halogens is 1. The zero-order valence-corrected chi connectivity index (χ0v) is 12.8. The molecule has 0 radical (unpaired) electrons. The summed E-state index contributed by atoms with van der Waals surface area (Å²) in [6, 6.07) is 3.24. The summed E-state index contributed by atoms with van der Waals surface area (Å²) in [6.07, 6.45) is 8.82. The largest absolute Gasteiger partial charge is 0.325 e. The molecular formula is C15H24ClN3O. The highest BCUT2D eigenvalue weighted by molar-refractivity contribution is 5.94. The van der Waals surface area contributed by atoms with Gasteiger partial charge in [0, 0.05) is 17.6 Å². The van der Waals surface area contributed by atoms with Crippen LogP contribution in [0.3, 0.4) is 0 Å². The van der Waals surface area contributed by atoms with Gasteiger partial charge in [0.15, 0.2) is 0 Å². The van der Waals surface area contributed by atoms with Crippen molar-refractivity contribution < 1.29 is 4.79 Å². The molecule has 1 aliphatic rings. The van der Waals surface area contributed by atoms with E-state index in [-0.39, 0.29) is 18.3 Å². The third kappa shape index (κ3) is 5.10. The Morgan fingerprint density at radius 3 is 2.80 bits per heavy atom. The first-order chi connectivity index (χ1) is 9.15. The van der Waals surface area contributed by atoms with E-state index in [0.29, 0.717) is 5.92 Å². The zero-order chi connectivity index (χ0) is 13.7. The fourth-order valence-corrected chi connectivity index (χ4v) is 2.75. The molecule has 1 saturated carbocycles. The summed E-state index contributed by atoms with van der Waals surface area (Å²) >= 11 is 0. The molecule has 1 atom stereocenters. The molecule has 1 unspecified atom stereocenters. The summed E-state index contributed by atoms with van der Waals surface area (Å²) in [6.45, 7) is 1.90. The van der Waals surface area contributed by atoms with Gasteiger partial charge in [-0.25, -0.2) is 0 Å². The zero-order valence-electron chi connectivity index (χ0n) is 12.0. The molecule has 112 valence electrons. The second-order valence-corrected chi connectivity index (χ2v) is 5.52. The van der Waals surface area contributed by atoms with Gasteiger partial charge >= 0.3 is 0 Å². The van der Waals surface area contributed by atoms with Gasteiger partial charge in [0.1, 0.15) is 0 Å². The number of aryl methyl sites for hydroxylation is 1. The van der Waals surface area contributed by atoms with Crippen LogP contribution in [0, 0.1) is 12.8 Å². The average Bonchev–Trinajstić information content (AvgIpc) is 2.40. The lowest BCUT2D eigenvalue weighted by Crippen LogP contribution is -2.37. The van der Waals surface area contributed by atoms with Gasteiger partial charge in [-0.2, -0.15) is 0 Å². The molecule has 1 aliphatic carbocycles. The van der Waals surface area contributed by atoms with E-state index in [1.54, 1.807) is 12.3 Å². The van der Waals surface area contributed by atoms with Crippen molar-refractivity contribution in [2.45, 2.75) is 51.5 Å². The fourth-order valence-electron chi connectivity index (χ4n) is 2.75. The standard InChI is InChI=1S/C15H23N3O.ClH/c1-11-9-13(7-8-17-11)18-15(19)14(16)10-12-5-3-2-4-6-12;/h7-9,12,14H,2-6,10,16H2,1H3,(H,17,18,19);1H. The van der Waals surface area contributed by atoms with E-state index in [4.69, 9.17) is 5.73 Å². The van der Waals surface area contributed by atoms with E-state index < -0.39 is 6.04 Å². The molecule has 1 aromatic rings. The van der Waals surface area contributed by atoms with E-state index in [0.717, 1.165) is 17.8 Å². The van der Waals surface area contributed by atoms with Crippen molar-refractivity contribution in [3.8, 4) is 0 Å². The van der Waals surface area contributed by atoms with Crippen LogP contribution in [0.4, 0.5) is 5.69 Å². The summed E-state index contributed by atoms with van der Waals surface area (Å²) in [5.41, 5.74) is 7.67. The Morgan fingerprint density at radius 1 is 1.45 bits per heavy atom. The van der Waals surface area contributed by atoms with Crippen molar-refractivity contribution in [2.75, 3.05) is 5.32 Å². The maximum atomic E-state index is 12.0. The van der Waals surface area contributed by atoms with Crippen molar-refractivity contribution in [3.63, 3.8) is 0 Å². The average molecular weight is 298 g/mol. The maximum Gasteiger partial charge on any atom is 0.241 e. The summed E-state index contributed by atoms with van der Waals surface area (Å²) in [5.74, 6) is 0.532. The number of nitrogens with two attached hydrogens (primary N) is 1. The Morgan fingerprint density at radius 2 is 2.15 bits per heavy atom. The van der Waals surface area contributed by atoms with Gasteiger partial charge < -0.3 is 11.1 Å². The number of anilines is 1. The fraction of sp³-hybridized carbons (Fsp3) is 0.600. The molecule has 1 heterocycles. The number of amides is 1. The highest BCUT2D eigenvalue weighted by Crippen LogP contribution is 2.27. The number of hydrogen-bond donors (Lipinski definition) is 2. The van der Waals surface area contributed by atoms with Crippen molar-refractivity contribution in [1.29, 1.82) is 0 Å². The van der Waals surface area contributed by atoms with Crippen LogP contribution in [0.25, 0.3) is 0 Å². The number of rotatable bonds is 4. The van der Waals surface area contributed by atoms with Crippen LogP contribution in [0.15, 0.2) is 18.3 Å². The van der Waals surface area contributed by atoms with Gasteiger partial charge in [0.25, 0.3) is 0 Å². The molecule has 1 fully saturated rings. The monoisotopic (exact) mass is 297 g/mol. The Hall–Kier alpha value is -1.13. The van der Waals surface area contributed by atoms with Crippen LogP contribution >= 0.6 is 12.4 Å². The minimum absolute atomic E-state index is 0. The molecular weight excluding hydrogens is 274 g/mol. The van der Waals surface area contributed by atoms with Crippen molar-refractivity contribution >= 4 is 24.0 Å². The first kappa shape index (κ1) is 16.9. The minimum Gasteiger partial charge on any atom is -0.325 e. The van der Waals surface area contributed by atoms with Crippen molar-refractivity contribution in [1.82, 2.24) is 4.98 Å². The number of pyridine rings is 1. The van der Waals surface area contributed by atoms with E-state index in [2.05, 4.69) is 10.3 Å². The normalized spacial score (nSPS) is 17.1. The van der Waals surface area contributed by atoms with E-state index in [1.807, 2.05) is 13.0 Å². The van der Waals surface area contributed by atoms with Crippen LogP contribution in [-0.2, 0) is 4.79 Å².